The van der Waals surface area contributed by atoms with E-state index in [1.54, 1.807) is 12.1 Å². The van der Waals surface area contributed by atoms with E-state index in [1.807, 2.05) is 6.07 Å². The molecule has 1 aliphatic heterocycles. The molecule has 3 heterocycles. The number of hydrogen-bond donors (Lipinski definition) is 4. The average molecular weight is 448 g/mol. The van der Waals surface area contributed by atoms with E-state index in [1.165, 1.54) is 4.52 Å². The second-order valence-electron chi connectivity index (χ2n) is 5.07. The molecular weight excluding hydrogens is 436 g/mol. The number of alkyl halides is 2. The molecule has 2 aromatic heterocycles. The van der Waals surface area contributed by atoms with Crippen LogP contribution in [0.25, 0.3) is 5.52 Å². The lowest BCUT2D eigenvalue weighted by Gasteiger charge is -2.31. The normalized spacial score (nSPS) is 29.7. The maximum absolute atomic E-state index is 10.3. The molecule has 0 amide bonds. The fourth-order valence-electron chi connectivity index (χ4n) is 2.64. The number of rotatable bonds is 2. The molecule has 1 saturated heterocycles. The number of nitriles is 1. The predicted octanol–water partition coefficient (Wildman–Crippen LogP) is -0.149. The Morgan fingerprint density at radius 3 is 2.70 bits per heavy atom. The number of aliphatic hydroxyl groups is 2. The topological polar surface area (TPSA) is 156 Å². The lowest BCUT2D eigenvalue weighted by Crippen LogP contribution is -2.45. The number of aliphatic hydroxyl groups excluding tert-OH is 2. The molecule has 0 bridgehead atoms. The van der Waals surface area contributed by atoms with Crippen LogP contribution in [0, 0.1) is 11.3 Å². The molecular formula is C12H12Br2N6O3. The van der Waals surface area contributed by atoms with Crippen LogP contribution >= 0.6 is 31.9 Å². The summed E-state index contributed by atoms with van der Waals surface area (Å²) in [6.45, 7) is -0.466. The first-order valence-electron chi connectivity index (χ1n) is 6.45. The Bertz CT molecular complexity index is 819. The molecule has 122 valence electrons. The van der Waals surface area contributed by atoms with Crippen LogP contribution in [0.3, 0.4) is 0 Å². The highest BCUT2D eigenvalue weighted by atomic mass is 79.9. The minimum absolute atomic E-state index is 0.0764. The monoisotopic (exact) mass is 446 g/mol. The van der Waals surface area contributed by atoms with E-state index >= 15 is 0 Å². The van der Waals surface area contributed by atoms with Gasteiger partial charge in [0.05, 0.1) is 12.3 Å². The third-order valence-electron chi connectivity index (χ3n) is 3.77. The zero-order valence-electron chi connectivity index (χ0n) is 11.5. The molecule has 0 unspecified atom stereocenters. The first kappa shape index (κ1) is 16.4. The zero-order valence-corrected chi connectivity index (χ0v) is 14.7. The summed E-state index contributed by atoms with van der Waals surface area (Å²) < 4.78 is 5.65. The molecule has 23 heavy (non-hydrogen) atoms. The van der Waals surface area contributed by atoms with Gasteiger partial charge in [0.25, 0.3) is 0 Å². The molecule has 0 spiro atoms. The molecule has 1 fully saturated rings. The van der Waals surface area contributed by atoms with Crippen molar-refractivity contribution in [2.45, 2.75) is 21.0 Å². The predicted molar refractivity (Wildman–Crippen MR) is 87.7 cm³/mol. The van der Waals surface area contributed by atoms with Crippen LogP contribution < -0.4 is 11.5 Å². The molecule has 11 heteroatoms. The van der Waals surface area contributed by atoms with E-state index < -0.39 is 27.6 Å². The number of hydrogen-bond acceptors (Lipinski definition) is 8. The standard InChI is InChI=1S/C12H12Br2N6O3/c13-12(14)8(22)6(3-21)23-11(12,4-15)7-2-1-5-9(16)18-10(17)19-20(5)7/h1-2,6,8,21-22H,3H2,(H4,16,17,18,19)/t6-,8+,11+/m1/s1. The van der Waals surface area contributed by atoms with Crippen molar-refractivity contribution in [1.82, 2.24) is 14.6 Å². The Labute approximate surface area is 147 Å². The largest absolute Gasteiger partial charge is 0.394 e. The highest BCUT2D eigenvalue weighted by Gasteiger charge is 2.66. The van der Waals surface area contributed by atoms with E-state index in [4.69, 9.17) is 16.2 Å². The van der Waals surface area contributed by atoms with Crippen molar-refractivity contribution < 1.29 is 14.9 Å². The fourth-order valence-corrected chi connectivity index (χ4v) is 4.00. The van der Waals surface area contributed by atoms with Gasteiger partial charge in [0.2, 0.25) is 11.5 Å². The molecule has 0 aromatic carbocycles. The number of anilines is 2. The molecule has 2 aromatic rings. The van der Waals surface area contributed by atoms with E-state index in [2.05, 4.69) is 41.9 Å². The highest BCUT2D eigenvalue weighted by Crippen LogP contribution is 2.55. The first-order valence-corrected chi connectivity index (χ1v) is 8.04. The Kier molecular flexibility index (Phi) is 3.77. The van der Waals surface area contributed by atoms with E-state index in [0.717, 1.165) is 0 Å². The van der Waals surface area contributed by atoms with Gasteiger partial charge >= 0.3 is 0 Å². The summed E-state index contributed by atoms with van der Waals surface area (Å²) in [5.74, 6) is 0.0661. The molecule has 0 radical (unpaired) electrons. The third kappa shape index (κ3) is 2.06. The van der Waals surface area contributed by atoms with Gasteiger partial charge in [-0.1, -0.05) is 31.9 Å². The van der Waals surface area contributed by atoms with Crippen LogP contribution in [-0.4, -0.2) is 46.9 Å². The summed E-state index contributed by atoms with van der Waals surface area (Å²) in [6.07, 6.45) is -2.18. The molecule has 0 aliphatic carbocycles. The van der Waals surface area contributed by atoms with Gasteiger partial charge in [-0.05, 0) is 12.1 Å². The molecule has 6 N–H and O–H groups in total. The summed E-state index contributed by atoms with van der Waals surface area (Å²) in [5.41, 5.74) is 10.5. The number of nitrogen functional groups attached to an aromatic ring is 2. The summed E-state index contributed by atoms with van der Waals surface area (Å²) >= 11 is 6.61. The van der Waals surface area contributed by atoms with Gasteiger partial charge in [-0.3, -0.25) is 0 Å². The highest BCUT2D eigenvalue weighted by molar-refractivity contribution is 9.25. The second kappa shape index (κ2) is 5.29. The molecule has 3 rings (SSSR count). The third-order valence-corrected chi connectivity index (χ3v) is 5.83. The maximum atomic E-state index is 10.3. The summed E-state index contributed by atoms with van der Waals surface area (Å²) in [6, 6.07) is 5.23. The summed E-state index contributed by atoms with van der Waals surface area (Å²) in [4.78, 5) is 3.86. The molecule has 9 nitrogen and oxygen atoms in total. The Morgan fingerprint density at radius 2 is 2.13 bits per heavy atom. The maximum Gasteiger partial charge on any atom is 0.240 e. The van der Waals surface area contributed by atoms with Crippen molar-refractivity contribution in [3.05, 3.63) is 17.8 Å². The van der Waals surface area contributed by atoms with Crippen molar-refractivity contribution in [3.8, 4) is 6.07 Å². The lowest BCUT2D eigenvalue weighted by atomic mass is 9.95. The fraction of sp³-hybridized carbons (Fsp3) is 0.417. The summed E-state index contributed by atoms with van der Waals surface area (Å²) in [7, 11) is 0. The molecule has 1 aliphatic rings. The van der Waals surface area contributed by atoms with Crippen LogP contribution in [0.4, 0.5) is 11.8 Å². The van der Waals surface area contributed by atoms with Crippen molar-refractivity contribution in [1.29, 1.82) is 5.26 Å². The second-order valence-corrected chi connectivity index (χ2v) is 8.64. The average Bonchev–Trinajstić information content (AvgIpc) is 2.99. The minimum atomic E-state index is -1.69. The number of ether oxygens (including phenoxy) is 1. The Balaban J connectivity index is 2.29. The van der Waals surface area contributed by atoms with Crippen molar-refractivity contribution in [2.75, 3.05) is 18.1 Å². The van der Waals surface area contributed by atoms with Gasteiger partial charge in [-0.15, -0.1) is 5.10 Å². The van der Waals surface area contributed by atoms with E-state index in [-0.39, 0.29) is 17.5 Å². The molecule has 3 atom stereocenters. The van der Waals surface area contributed by atoms with E-state index in [9.17, 15) is 15.5 Å². The van der Waals surface area contributed by atoms with Crippen molar-refractivity contribution in [3.63, 3.8) is 0 Å². The number of nitrogens with two attached hydrogens (primary N) is 2. The van der Waals surface area contributed by atoms with Crippen LogP contribution in [0.5, 0.6) is 0 Å². The number of aromatic nitrogens is 3. The molecule has 0 saturated carbocycles. The van der Waals surface area contributed by atoms with Gasteiger partial charge < -0.3 is 26.4 Å². The van der Waals surface area contributed by atoms with Crippen molar-refractivity contribution in [2.24, 2.45) is 0 Å². The first-order chi connectivity index (χ1) is 10.8. The zero-order chi connectivity index (χ0) is 17.0. The lowest BCUT2D eigenvalue weighted by molar-refractivity contribution is -0.0519. The van der Waals surface area contributed by atoms with Gasteiger partial charge in [0.15, 0.2) is 9.05 Å². The minimum Gasteiger partial charge on any atom is -0.394 e. The Morgan fingerprint density at radius 1 is 1.43 bits per heavy atom. The number of nitrogens with zero attached hydrogens (tertiary/aromatic N) is 4. The SMILES string of the molecule is N#C[C@@]1(c2ccc3c(N)nc(N)nn23)O[C@H](CO)[C@H](O)C1(Br)Br. The van der Waals surface area contributed by atoms with Crippen LogP contribution in [-0.2, 0) is 10.3 Å². The van der Waals surface area contributed by atoms with Crippen molar-refractivity contribution >= 4 is 49.1 Å². The summed E-state index contributed by atoms with van der Waals surface area (Å²) in [5, 5.41) is 33.6. The quantitative estimate of drug-likeness (QED) is 0.463. The smallest absolute Gasteiger partial charge is 0.240 e. The van der Waals surface area contributed by atoms with Crippen LogP contribution in [0.1, 0.15) is 5.69 Å². The van der Waals surface area contributed by atoms with Gasteiger partial charge in [0, 0.05) is 0 Å². The van der Waals surface area contributed by atoms with Crippen LogP contribution in [0.2, 0.25) is 0 Å². The van der Waals surface area contributed by atoms with Gasteiger partial charge in [-0.2, -0.15) is 10.2 Å². The number of halogens is 2. The number of fused-ring (bicyclic) bond motifs is 1. The Hall–Kier alpha value is -1.45. The van der Waals surface area contributed by atoms with E-state index in [0.29, 0.717) is 5.52 Å². The van der Waals surface area contributed by atoms with Gasteiger partial charge in [-0.25, -0.2) is 4.52 Å². The van der Waals surface area contributed by atoms with Gasteiger partial charge in [0.1, 0.15) is 23.8 Å². The van der Waals surface area contributed by atoms with Crippen LogP contribution in [0.15, 0.2) is 12.1 Å².